The average molecular weight is 407 g/mol. The van der Waals surface area contributed by atoms with Gasteiger partial charge in [0.05, 0.1) is 25.9 Å². The second-order valence-corrected chi connectivity index (χ2v) is 4.24. The zero-order valence-corrected chi connectivity index (χ0v) is 15.0. The zero-order valence-electron chi connectivity index (χ0n) is 12.7. The van der Waals surface area contributed by atoms with Gasteiger partial charge in [0.15, 0.2) is 5.96 Å². The lowest BCUT2D eigenvalue weighted by atomic mass is 10.3. The van der Waals surface area contributed by atoms with Crippen molar-refractivity contribution in [3.8, 4) is 5.88 Å². The molecule has 0 spiro atoms. The Morgan fingerprint density at radius 1 is 1.38 bits per heavy atom. The predicted octanol–water partition coefficient (Wildman–Crippen LogP) is 0.461. The number of hydrogen-bond acceptors (Lipinski definition) is 4. The van der Waals surface area contributed by atoms with Gasteiger partial charge in [-0.3, -0.25) is 9.79 Å². The number of carbonyl (C=O) groups excluding carboxylic acids is 1. The third-order valence-corrected chi connectivity index (χ3v) is 2.56. The van der Waals surface area contributed by atoms with Crippen molar-refractivity contribution in [1.82, 2.24) is 20.5 Å². The number of hydrogen-bond donors (Lipinski definition) is 2. The maximum atomic E-state index is 11.5. The number of aromatic nitrogens is 1. The molecule has 0 radical (unpaired) electrons. The summed E-state index contributed by atoms with van der Waals surface area (Å²) >= 11 is 0. The Hall–Kier alpha value is -1.58. The van der Waals surface area contributed by atoms with Crippen molar-refractivity contribution in [2.24, 2.45) is 4.99 Å². The molecule has 0 aliphatic carbocycles. The molecule has 0 atom stereocenters. The molecular formula is C13H22IN5O2. The number of amides is 1. The molecule has 1 aromatic heterocycles. The van der Waals surface area contributed by atoms with E-state index in [9.17, 15) is 4.79 Å². The second kappa shape index (κ2) is 10.2. The van der Waals surface area contributed by atoms with Gasteiger partial charge in [-0.05, 0) is 6.07 Å². The number of rotatable bonds is 5. The van der Waals surface area contributed by atoms with E-state index in [0.717, 1.165) is 5.69 Å². The Labute approximate surface area is 142 Å². The van der Waals surface area contributed by atoms with E-state index in [1.54, 1.807) is 34.3 Å². The predicted molar refractivity (Wildman–Crippen MR) is 93.1 cm³/mol. The first kappa shape index (κ1) is 19.4. The smallest absolute Gasteiger partial charge is 0.241 e. The Bertz CT molecular complexity index is 479. The summed E-state index contributed by atoms with van der Waals surface area (Å²) in [5.74, 6) is 1.09. The SMILES string of the molecule is CN=C(NCC(=O)N(C)C)NCc1cccc(OC)n1.I. The van der Waals surface area contributed by atoms with Gasteiger partial charge in [-0.1, -0.05) is 6.07 Å². The van der Waals surface area contributed by atoms with Crippen molar-refractivity contribution >= 4 is 35.8 Å². The minimum atomic E-state index is -0.0209. The van der Waals surface area contributed by atoms with Gasteiger partial charge >= 0.3 is 0 Å². The largest absolute Gasteiger partial charge is 0.481 e. The molecule has 0 saturated heterocycles. The van der Waals surface area contributed by atoms with Gasteiger partial charge in [-0.15, -0.1) is 24.0 Å². The minimum Gasteiger partial charge on any atom is -0.481 e. The fraction of sp³-hybridized carbons (Fsp3) is 0.462. The molecule has 2 N–H and O–H groups in total. The lowest BCUT2D eigenvalue weighted by Gasteiger charge is -2.14. The van der Waals surface area contributed by atoms with Crippen molar-refractivity contribution in [1.29, 1.82) is 0 Å². The first-order valence-electron chi connectivity index (χ1n) is 6.21. The summed E-state index contributed by atoms with van der Waals surface area (Å²) in [5.41, 5.74) is 0.825. The standard InChI is InChI=1S/C13H21N5O2.HI/c1-14-13(16-9-12(19)18(2)3)15-8-10-6-5-7-11(17-10)20-4;/h5-7H,8-9H2,1-4H3,(H2,14,15,16);1H. The molecule has 1 amide bonds. The molecule has 0 aromatic carbocycles. The Balaban J connectivity index is 0.00000400. The summed E-state index contributed by atoms with van der Waals surface area (Å²) in [6, 6.07) is 5.54. The fourth-order valence-electron chi connectivity index (χ4n) is 1.38. The Morgan fingerprint density at radius 3 is 2.67 bits per heavy atom. The highest BCUT2D eigenvalue weighted by molar-refractivity contribution is 14.0. The molecule has 1 aromatic rings. The zero-order chi connectivity index (χ0) is 15.0. The topological polar surface area (TPSA) is 78.9 Å². The summed E-state index contributed by atoms with van der Waals surface area (Å²) in [4.78, 5) is 21.3. The van der Waals surface area contributed by atoms with E-state index in [0.29, 0.717) is 18.4 Å². The van der Waals surface area contributed by atoms with Gasteiger partial charge < -0.3 is 20.3 Å². The summed E-state index contributed by atoms with van der Waals surface area (Å²) in [7, 11) is 6.64. The maximum Gasteiger partial charge on any atom is 0.241 e. The lowest BCUT2D eigenvalue weighted by Crippen LogP contribution is -2.42. The molecule has 0 aliphatic heterocycles. The van der Waals surface area contributed by atoms with E-state index >= 15 is 0 Å². The lowest BCUT2D eigenvalue weighted by molar-refractivity contribution is -0.127. The molecular weight excluding hydrogens is 385 g/mol. The quantitative estimate of drug-likeness (QED) is 0.422. The number of likely N-dealkylation sites (N-methyl/N-ethyl adjacent to an activating group) is 1. The third kappa shape index (κ3) is 7.11. The van der Waals surface area contributed by atoms with Crippen LogP contribution in [0.2, 0.25) is 0 Å². The van der Waals surface area contributed by atoms with Gasteiger partial charge in [0.1, 0.15) is 0 Å². The van der Waals surface area contributed by atoms with E-state index in [4.69, 9.17) is 4.74 Å². The van der Waals surface area contributed by atoms with Crippen LogP contribution in [0.4, 0.5) is 0 Å². The molecule has 1 heterocycles. The number of nitrogens with zero attached hydrogens (tertiary/aromatic N) is 3. The van der Waals surface area contributed by atoms with E-state index in [1.807, 2.05) is 12.1 Å². The van der Waals surface area contributed by atoms with Crippen molar-refractivity contribution < 1.29 is 9.53 Å². The summed E-state index contributed by atoms with van der Waals surface area (Å²) in [5, 5.41) is 6.02. The number of aliphatic imine (C=N–C) groups is 1. The monoisotopic (exact) mass is 407 g/mol. The number of guanidine groups is 1. The van der Waals surface area contributed by atoms with E-state index in [2.05, 4.69) is 20.6 Å². The van der Waals surface area contributed by atoms with E-state index in [1.165, 1.54) is 4.90 Å². The molecule has 0 unspecified atom stereocenters. The van der Waals surface area contributed by atoms with Gasteiger partial charge in [-0.2, -0.15) is 0 Å². The Kier molecular flexibility index (Phi) is 9.42. The number of pyridine rings is 1. The minimum absolute atomic E-state index is 0. The van der Waals surface area contributed by atoms with Crippen molar-refractivity contribution in [2.75, 3.05) is 34.8 Å². The number of halogens is 1. The summed E-state index contributed by atoms with van der Waals surface area (Å²) < 4.78 is 5.06. The Morgan fingerprint density at radius 2 is 2.10 bits per heavy atom. The van der Waals surface area contributed by atoms with Crippen molar-refractivity contribution in [2.45, 2.75) is 6.54 Å². The van der Waals surface area contributed by atoms with Crippen molar-refractivity contribution in [3.05, 3.63) is 23.9 Å². The van der Waals surface area contributed by atoms with Gasteiger partial charge in [-0.25, -0.2) is 4.98 Å². The van der Waals surface area contributed by atoms with Crippen molar-refractivity contribution in [3.63, 3.8) is 0 Å². The first-order chi connectivity index (χ1) is 9.56. The molecule has 0 aliphatic rings. The van der Waals surface area contributed by atoms with Crippen LogP contribution in [0.5, 0.6) is 5.88 Å². The highest BCUT2D eigenvalue weighted by Crippen LogP contribution is 2.05. The molecule has 1 rings (SSSR count). The maximum absolute atomic E-state index is 11.5. The molecule has 0 bridgehead atoms. The number of ether oxygens (including phenoxy) is 1. The summed E-state index contributed by atoms with van der Waals surface area (Å²) in [6.07, 6.45) is 0. The number of methoxy groups -OCH3 is 1. The fourth-order valence-corrected chi connectivity index (χ4v) is 1.38. The average Bonchev–Trinajstić information content (AvgIpc) is 2.47. The molecule has 7 nitrogen and oxygen atoms in total. The molecule has 0 saturated carbocycles. The molecule has 0 fully saturated rings. The molecule has 21 heavy (non-hydrogen) atoms. The molecule has 118 valence electrons. The second-order valence-electron chi connectivity index (χ2n) is 4.24. The van der Waals surface area contributed by atoms with Gasteiger partial charge in [0.25, 0.3) is 0 Å². The highest BCUT2D eigenvalue weighted by atomic mass is 127. The van der Waals surface area contributed by atoms with E-state index < -0.39 is 0 Å². The van der Waals surface area contributed by atoms with Crippen LogP contribution in [0.1, 0.15) is 5.69 Å². The normalized spacial score (nSPS) is 10.4. The van der Waals surface area contributed by atoms with Crippen LogP contribution in [0.25, 0.3) is 0 Å². The van der Waals surface area contributed by atoms with Crippen LogP contribution in [0.3, 0.4) is 0 Å². The van der Waals surface area contributed by atoms with Gasteiger partial charge in [0, 0.05) is 27.2 Å². The number of carbonyl (C=O) groups is 1. The van der Waals surface area contributed by atoms with Crippen LogP contribution < -0.4 is 15.4 Å². The highest BCUT2D eigenvalue weighted by Gasteiger charge is 2.05. The third-order valence-electron chi connectivity index (χ3n) is 2.56. The van der Waals surface area contributed by atoms with E-state index in [-0.39, 0.29) is 36.4 Å². The number of nitrogens with one attached hydrogen (secondary N) is 2. The molecule has 8 heteroatoms. The first-order valence-corrected chi connectivity index (χ1v) is 6.21. The summed E-state index contributed by atoms with van der Waals surface area (Å²) in [6.45, 7) is 0.686. The van der Waals surface area contributed by atoms with Crippen LogP contribution >= 0.6 is 24.0 Å². The van der Waals surface area contributed by atoms with Crippen LogP contribution in [-0.2, 0) is 11.3 Å². The van der Waals surface area contributed by atoms with Crippen LogP contribution in [-0.4, -0.2) is 56.5 Å². The van der Waals surface area contributed by atoms with Crippen LogP contribution in [0, 0.1) is 0 Å². The van der Waals surface area contributed by atoms with Gasteiger partial charge in [0.2, 0.25) is 11.8 Å². The van der Waals surface area contributed by atoms with Crippen LogP contribution in [0.15, 0.2) is 23.2 Å².